The molecule has 1 aromatic carbocycles. The highest BCUT2D eigenvalue weighted by Gasteiger charge is 2.21. The summed E-state index contributed by atoms with van der Waals surface area (Å²) in [6, 6.07) is 3.34. The van der Waals surface area contributed by atoms with Gasteiger partial charge in [0.2, 0.25) is 0 Å². The van der Waals surface area contributed by atoms with E-state index in [1.165, 1.54) is 12.1 Å². The highest BCUT2D eigenvalue weighted by molar-refractivity contribution is 9.08. The van der Waals surface area contributed by atoms with Crippen molar-refractivity contribution < 1.29 is 18.3 Å². The van der Waals surface area contributed by atoms with Gasteiger partial charge in [-0.2, -0.15) is 0 Å². The van der Waals surface area contributed by atoms with Crippen LogP contribution < -0.4 is 0 Å². The van der Waals surface area contributed by atoms with Crippen molar-refractivity contribution in [1.82, 2.24) is 0 Å². The van der Waals surface area contributed by atoms with Gasteiger partial charge >= 0.3 is 0 Å². The van der Waals surface area contributed by atoms with Crippen molar-refractivity contribution in [3.63, 3.8) is 0 Å². The molecule has 0 aromatic heterocycles. The molecule has 17 heavy (non-hydrogen) atoms. The molecule has 0 unspecified atom stereocenters. The Morgan fingerprint density at radius 2 is 1.65 bits per heavy atom. The van der Waals surface area contributed by atoms with Crippen molar-refractivity contribution in [2.24, 2.45) is 0 Å². The SMILES string of the molecule is CBr.CC.Fc1ccc(C2OCCO2)c(F)c1. The lowest BCUT2D eigenvalue weighted by atomic mass is 10.2. The Labute approximate surface area is 109 Å². The summed E-state index contributed by atoms with van der Waals surface area (Å²) in [7, 11) is 0. The molecule has 98 valence electrons. The molecule has 0 N–H and O–H groups in total. The first kappa shape index (κ1) is 16.5. The molecule has 1 aliphatic rings. The van der Waals surface area contributed by atoms with E-state index in [0.29, 0.717) is 13.2 Å². The van der Waals surface area contributed by atoms with Crippen molar-refractivity contribution in [2.45, 2.75) is 20.1 Å². The number of rotatable bonds is 1. The molecular formula is C12H17BrF2O2. The maximum atomic E-state index is 13.1. The predicted octanol–water partition coefficient (Wildman–Crippen LogP) is 4.05. The minimum Gasteiger partial charge on any atom is -0.346 e. The third-order valence-corrected chi connectivity index (χ3v) is 1.84. The number of hydrogen-bond acceptors (Lipinski definition) is 2. The molecule has 1 aromatic rings. The van der Waals surface area contributed by atoms with Crippen LogP contribution in [0.2, 0.25) is 0 Å². The largest absolute Gasteiger partial charge is 0.346 e. The second-order valence-corrected chi connectivity index (χ2v) is 2.74. The van der Waals surface area contributed by atoms with Gasteiger partial charge in [0.15, 0.2) is 6.29 Å². The van der Waals surface area contributed by atoms with Crippen molar-refractivity contribution in [1.29, 1.82) is 0 Å². The van der Waals surface area contributed by atoms with Gasteiger partial charge in [-0.15, -0.1) is 0 Å². The summed E-state index contributed by atoms with van der Waals surface area (Å²) in [6.07, 6.45) is -0.680. The first-order valence-electron chi connectivity index (χ1n) is 5.33. The van der Waals surface area contributed by atoms with Crippen LogP contribution in [-0.2, 0) is 9.47 Å². The van der Waals surface area contributed by atoms with E-state index in [0.717, 1.165) is 6.07 Å². The monoisotopic (exact) mass is 310 g/mol. The first-order chi connectivity index (χ1) is 8.27. The number of benzene rings is 1. The van der Waals surface area contributed by atoms with E-state index < -0.39 is 17.9 Å². The summed E-state index contributed by atoms with van der Waals surface area (Å²) in [5.74, 6) is 0.582. The Morgan fingerprint density at radius 1 is 1.12 bits per heavy atom. The molecular weight excluding hydrogens is 294 g/mol. The van der Waals surface area contributed by atoms with E-state index in [9.17, 15) is 8.78 Å². The second-order valence-electron chi connectivity index (χ2n) is 2.74. The Morgan fingerprint density at radius 3 is 2.12 bits per heavy atom. The average Bonchev–Trinajstić information content (AvgIpc) is 2.88. The van der Waals surface area contributed by atoms with Crippen LogP contribution in [0.3, 0.4) is 0 Å². The molecule has 0 atom stereocenters. The number of alkyl halides is 1. The standard InChI is InChI=1S/C9H8F2O2.C2H6.CH3Br/c10-6-1-2-7(8(11)5-6)9-12-3-4-13-9;2*1-2/h1-2,5,9H,3-4H2;1-2H3;1H3. The van der Waals surface area contributed by atoms with Crippen LogP contribution in [0, 0.1) is 11.6 Å². The topological polar surface area (TPSA) is 18.5 Å². The highest BCUT2D eigenvalue weighted by Crippen LogP contribution is 2.25. The average molecular weight is 311 g/mol. The number of hydrogen-bond donors (Lipinski definition) is 0. The zero-order valence-electron chi connectivity index (χ0n) is 10.2. The maximum Gasteiger partial charge on any atom is 0.186 e. The lowest BCUT2D eigenvalue weighted by Crippen LogP contribution is -2.01. The van der Waals surface area contributed by atoms with Crippen LogP contribution in [0.1, 0.15) is 25.7 Å². The van der Waals surface area contributed by atoms with Crippen molar-refractivity contribution in [3.8, 4) is 0 Å². The van der Waals surface area contributed by atoms with Gasteiger partial charge in [-0.1, -0.05) is 29.8 Å². The fourth-order valence-electron chi connectivity index (χ4n) is 1.23. The normalized spacial score (nSPS) is 14.5. The van der Waals surface area contributed by atoms with Gasteiger partial charge < -0.3 is 9.47 Å². The molecule has 1 aliphatic heterocycles. The molecule has 0 spiro atoms. The van der Waals surface area contributed by atoms with Crippen LogP contribution in [-0.4, -0.2) is 19.0 Å². The summed E-state index contributed by atoms with van der Waals surface area (Å²) in [6.45, 7) is 4.89. The number of ether oxygens (including phenoxy) is 2. The van der Waals surface area contributed by atoms with Crippen molar-refractivity contribution >= 4 is 15.9 Å². The van der Waals surface area contributed by atoms with Gasteiger partial charge in [-0.05, 0) is 18.0 Å². The van der Waals surface area contributed by atoms with Crippen molar-refractivity contribution in [3.05, 3.63) is 35.4 Å². The molecule has 5 heteroatoms. The predicted molar refractivity (Wildman–Crippen MR) is 67.2 cm³/mol. The Balaban J connectivity index is 0.000000581. The maximum absolute atomic E-state index is 13.1. The molecule has 1 saturated heterocycles. The van der Waals surface area contributed by atoms with E-state index in [2.05, 4.69) is 15.9 Å². The lowest BCUT2D eigenvalue weighted by molar-refractivity contribution is -0.0465. The third-order valence-electron chi connectivity index (χ3n) is 1.84. The van der Waals surface area contributed by atoms with Gasteiger partial charge in [-0.25, -0.2) is 8.78 Å². The van der Waals surface area contributed by atoms with Crippen LogP contribution in [0.15, 0.2) is 18.2 Å². The molecule has 0 bridgehead atoms. The summed E-state index contributed by atoms with van der Waals surface area (Å²) in [5, 5.41) is 0. The molecule has 2 rings (SSSR count). The molecule has 2 nitrogen and oxygen atoms in total. The third kappa shape index (κ3) is 5.10. The Kier molecular flexibility index (Phi) is 9.21. The zero-order valence-corrected chi connectivity index (χ0v) is 11.8. The van der Waals surface area contributed by atoms with Crippen LogP contribution in [0.25, 0.3) is 0 Å². The van der Waals surface area contributed by atoms with Gasteiger partial charge in [-0.3, -0.25) is 0 Å². The van der Waals surface area contributed by atoms with Gasteiger partial charge in [0.25, 0.3) is 0 Å². The van der Waals surface area contributed by atoms with E-state index in [4.69, 9.17) is 9.47 Å². The summed E-state index contributed by atoms with van der Waals surface area (Å²) in [4.78, 5) is 0. The minimum atomic E-state index is -0.680. The number of halogens is 3. The van der Waals surface area contributed by atoms with Gasteiger partial charge in [0.05, 0.1) is 13.2 Å². The van der Waals surface area contributed by atoms with E-state index >= 15 is 0 Å². The fraction of sp³-hybridized carbons (Fsp3) is 0.500. The molecule has 1 heterocycles. The Bertz CT molecular complexity index is 315. The molecule has 0 aliphatic carbocycles. The van der Waals surface area contributed by atoms with Crippen LogP contribution in [0.5, 0.6) is 0 Å². The van der Waals surface area contributed by atoms with E-state index in [-0.39, 0.29) is 5.56 Å². The first-order valence-corrected chi connectivity index (χ1v) is 6.92. The minimum absolute atomic E-state index is 0.249. The summed E-state index contributed by atoms with van der Waals surface area (Å²) in [5.41, 5.74) is 0.249. The van der Waals surface area contributed by atoms with Crippen molar-refractivity contribution in [2.75, 3.05) is 19.0 Å². The Hall–Kier alpha value is -0.520. The second kappa shape index (κ2) is 9.50. The quantitative estimate of drug-likeness (QED) is 0.729. The molecule has 1 fully saturated rings. The highest BCUT2D eigenvalue weighted by atomic mass is 79.9. The smallest absolute Gasteiger partial charge is 0.186 e. The van der Waals surface area contributed by atoms with Crippen LogP contribution >= 0.6 is 15.9 Å². The van der Waals surface area contributed by atoms with E-state index in [1.54, 1.807) is 0 Å². The molecule has 0 radical (unpaired) electrons. The summed E-state index contributed by atoms with van der Waals surface area (Å²) >= 11 is 2.94. The van der Waals surface area contributed by atoms with Gasteiger partial charge in [0.1, 0.15) is 11.6 Å². The van der Waals surface area contributed by atoms with E-state index in [1.807, 2.05) is 19.7 Å². The molecule has 0 saturated carbocycles. The lowest BCUT2D eigenvalue weighted by Gasteiger charge is -2.09. The summed E-state index contributed by atoms with van der Waals surface area (Å²) < 4.78 is 35.8. The zero-order chi connectivity index (χ0) is 13.3. The van der Waals surface area contributed by atoms with Crippen LogP contribution in [0.4, 0.5) is 8.78 Å². The molecule has 0 amide bonds. The van der Waals surface area contributed by atoms with Gasteiger partial charge in [0, 0.05) is 11.6 Å². The fourth-order valence-corrected chi connectivity index (χ4v) is 1.23.